The van der Waals surface area contributed by atoms with Crippen molar-refractivity contribution in [3.63, 3.8) is 0 Å². The van der Waals surface area contributed by atoms with Gasteiger partial charge >= 0.3 is 17.1 Å². The summed E-state index contributed by atoms with van der Waals surface area (Å²) in [4.78, 5) is 24.1. The maximum Gasteiger partial charge on any atom is 2.00 e. The van der Waals surface area contributed by atoms with Gasteiger partial charge in [-0.05, 0) is 60.9 Å². The van der Waals surface area contributed by atoms with Gasteiger partial charge in [-0.1, -0.05) is 156 Å². The summed E-state index contributed by atoms with van der Waals surface area (Å²) >= 11 is 12.9. The van der Waals surface area contributed by atoms with Crippen LogP contribution in [0, 0.1) is 23.7 Å². The van der Waals surface area contributed by atoms with Crippen molar-refractivity contribution in [2.75, 3.05) is 24.7 Å². The van der Waals surface area contributed by atoms with Gasteiger partial charge in [0.1, 0.15) is 0 Å². The molecular weight excluding hydrogens is 702 g/mol. The SMILES string of the molecule is CC(C)CCCCCOP([O-])(=S)SCCCCCC(C)C.CC(C)CCCCCOP([O-])(=S)SCCCCCC(C)C.[Cu+2]. The van der Waals surface area contributed by atoms with E-state index in [0.717, 1.165) is 73.7 Å². The summed E-state index contributed by atoms with van der Waals surface area (Å²) < 4.78 is 10.8. The molecular formula is C32H68CuO4P2S4. The Morgan fingerprint density at radius 2 is 0.721 bits per heavy atom. The molecule has 0 rings (SSSR count). The summed E-state index contributed by atoms with van der Waals surface area (Å²) in [6.45, 7) is 19.1. The molecule has 0 fully saturated rings. The monoisotopic (exact) mass is 769 g/mol. The number of hydrogen-bond acceptors (Lipinski definition) is 8. The van der Waals surface area contributed by atoms with Gasteiger partial charge in [0.2, 0.25) is 0 Å². The van der Waals surface area contributed by atoms with Crippen LogP contribution in [0.2, 0.25) is 0 Å². The molecule has 0 saturated carbocycles. The van der Waals surface area contributed by atoms with Gasteiger partial charge in [-0.15, -0.1) is 22.8 Å². The number of hydrogen-bond donors (Lipinski definition) is 0. The zero-order valence-electron chi connectivity index (χ0n) is 28.9. The van der Waals surface area contributed by atoms with Crippen molar-refractivity contribution in [3.8, 4) is 0 Å². The van der Waals surface area contributed by atoms with Crippen molar-refractivity contribution >= 4 is 57.8 Å². The van der Waals surface area contributed by atoms with Crippen molar-refractivity contribution in [2.24, 2.45) is 23.7 Å². The quantitative estimate of drug-likeness (QED) is 0.0443. The summed E-state index contributed by atoms with van der Waals surface area (Å²) in [5.41, 5.74) is -5.66. The molecule has 0 aliphatic rings. The Balaban J connectivity index is -0.000000727. The van der Waals surface area contributed by atoms with Gasteiger partial charge in [-0.3, -0.25) is 0 Å². The van der Waals surface area contributed by atoms with E-state index in [4.69, 9.17) is 32.7 Å². The molecule has 0 spiro atoms. The van der Waals surface area contributed by atoms with Crippen molar-refractivity contribution in [3.05, 3.63) is 0 Å². The molecule has 0 heterocycles. The fourth-order valence-electron chi connectivity index (χ4n) is 4.11. The standard InChI is InChI=1S/2C16H35O2PS2.Cu/c2*1-15(2)11-7-5-9-13-18-19(17,20)21-14-10-6-8-12-16(3)4;/h2*15-16H,5-14H2,1-4H3,(H,17,20);/q;;+2/p-2. The van der Waals surface area contributed by atoms with E-state index in [2.05, 4.69) is 55.4 Å². The summed E-state index contributed by atoms with van der Waals surface area (Å²) in [6.07, 6.45) is 18.9. The van der Waals surface area contributed by atoms with E-state index in [9.17, 15) is 9.79 Å². The molecule has 2 unspecified atom stereocenters. The fourth-order valence-corrected chi connectivity index (χ4v) is 10.9. The molecule has 265 valence electrons. The van der Waals surface area contributed by atoms with Gasteiger partial charge in [-0.2, -0.15) is 0 Å². The average Bonchev–Trinajstić information content (AvgIpc) is 2.87. The first kappa shape index (κ1) is 49.7. The van der Waals surface area contributed by atoms with Crippen LogP contribution in [0.3, 0.4) is 0 Å². The molecule has 0 aliphatic heterocycles. The van der Waals surface area contributed by atoms with Crippen LogP contribution in [-0.2, 0) is 49.7 Å². The summed E-state index contributed by atoms with van der Waals surface area (Å²) in [5.74, 6) is 4.83. The van der Waals surface area contributed by atoms with Gasteiger partial charge in [0.25, 0.3) is 0 Å². The zero-order chi connectivity index (χ0) is 32.3. The smallest absolute Gasteiger partial charge is 0.793 e. The van der Waals surface area contributed by atoms with Gasteiger partial charge < -0.3 is 18.8 Å². The van der Waals surface area contributed by atoms with Crippen LogP contribution in [0.4, 0.5) is 0 Å². The second-order valence-corrected chi connectivity index (χ2v) is 25.5. The van der Waals surface area contributed by atoms with E-state index in [-0.39, 0.29) is 17.1 Å². The normalized spacial score (nSPS) is 14.5. The van der Waals surface area contributed by atoms with Crippen molar-refractivity contribution < 1.29 is 35.9 Å². The number of rotatable bonds is 28. The van der Waals surface area contributed by atoms with Crippen LogP contribution in [-0.4, -0.2) is 24.7 Å². The second-order valence-electron chi connectivity index (χ2n) is 13.2. The minimum atomic E-state index is -2.83. The predicted molar refractivity (Wildman–Crippen MR) is 199 cm³/mol. The van der Waals surface area contributed by atoms with Crippen LogP contribution in [0.15, 0.2) is 0 Å². The van der Waals surface area contributed by atoms with Crippen LogP contribution < -0.4 is 9.79 Å². The van der Waals surface area contributed by atoms with Gasteiger partial charge in [0.15, 0.2) is 0 Å². The maximum absolute atomic E-state index is 12.1. The van der Waals surface area contributed by atoms with Crippen LogP contribution in [0.25, 0.3) is 0 Å². The first-order chi connectivity index (χ1) is 19.7. The Labute approximate surface area is 298 Å². The minimum absolute atomic E-state index is 0. The van der Waals surface area contributed by atoms with Crippen molar-refractivity contribution in [1.82, 2.24) is 0 Å². The van der Waals surface area contributed by atoms with E-state index in [1.807, 2.05) is 0 Å². The minimum Gasteiger partial charge on any atom is -0.793 e. The first-order valence-corrected chi connectivity index (χ1v) is 25.3. The van der Waals surface area contributed by atoms with Gasteiger partial charge in [-0.25, -0.2) is 0 Å². The molecule has 11 heteroatoms. The summed E-state index contributed by atoms with van der Waals surface area (Å²) in [5, 5.41) is 0. The molecule has 0 aliphatic carbocycles. The Hall–Kier alpha value is 2.36. The Bertz CT molecular complexity index is 582. The largest absolute Gasteiger partial charge is 2.00 e. The molecule has 0 N–H and O–H groups in total. The zero-order valence-corrected chi connectivity index (χ0v) is 34.9. The topological polar surface area (TPSA) is 64.6 Å². The molecule has 0 amide bonds. The first-order valence-electron chi connectivity index (χ1n) is 16.9. The molecule has 4 nitrogen and oxygen atoms in total. The molecule has 2 atom stereocenters. The fraction of sp³-hybridized carbons (Fsp3) is 1.00. The van der Waals surface area contributed by atoms with Crippen LogP contribution in [0.1, 0.15) is 158 Å². The third-order valence-electron chi connectivity index (χ3n) is 6.70. The molecule has 0 aromatic carbocycles. The van der Waals surface area contributed by atoms with Crippen molar-refractivity contribution in [1.29, 1.82) is 0 Å². The third-order valence-corrected chi connectivity index (χ3v) is 15.4. The van der Waals surface area contributed by atoms with E-state index >= 15 is 0 Å². The summed E-state index contributed by atoms with van der Waals surface area (Å²) in [7, 11) is 0. The molecule has 0 aromatic heterocycles. The van der Waals surface area contributed by atoms with E-state index in [1.165, 1.54) is 87.0 Å². The van der Waals surface area contributed by atoms with Crippen molar-refractivity contribution in [2.45, 2.75) is 158 Å². The van der Waals surface area contributed by atoms with Gasteiger partial charge in [0, 0.05) is 11.4 Å². The summed E-state index contributed by atoms with van der Waals surface area (Å²) in [6, 6.07) is 0. The number of unbranched alkanes of at least 4 members (excludes halogenated alkanes) is 8. The van der Waals surface area contributed by atoms with Crippen LogP contribution in [0.5, 0.6) is 0 Å². The third kappa shape index (κ3) is 44.4. The molecule has 43 heavy (non-hydrogen) atoms. The molecule has 0 saturated heterocycles. The maximum atomic E-state index is 12.1. The average molecular weight is 771 g/mol. The molecule has 0 bridgehead atoms. The Morgan fingerprint density at radius 1 is 0.465 bits per heavy atom. The second kappa shape index (κ2) is 32.9. The van der Waals surface area contributed by atoms with Gasteiger partial charge in [0.05, 0.1) is 13.2 Å². The van der Waals surface area contributed by atoms with Crippen LogP contribution >= 0.6 is 34.2 Å². The Morgan fingerprint density at radius 3 is 0.977 bits per heavy atom. The van der Waals surface area contributed by atoms with E-state index < -0.39 is 11.4 Å². The van der Waals surface area contributed by atoms with E-state index in [0.29, 0.717) is 13.2 Å². The Kier molecular flexibility index (Phi) is 38.0. The molecule has 1 radical (unpaired) electrons. The molecule has 0 aromatic rings. The van der Waals surface area contributed by atoms with E-state index in [1.54, 1.807) is 0 Å². The predicted octanol–water partition coefficient (Wildman–Crippen LogP) is 11.5.